The Balaban J connectivity index is 1.62. The lowest BCUT2D eigenvalue weighted by Crippen LogP contribution is -2.37. The summed E-state index contributed by atoms with van der Waals surface area (Å²) < 4.78 is 93.8. The first-order valence-corrected chi connectivity index (χ1v) is 12.9. The Morgan fingerprint density at radius 3 is 2.38 bits per heavy atom. The zero-order valence-electron chi connectivity index (χ0n) is 19.3. The standard InChI is InChI=1S/C22H23F5N3O5PS/c1-21(28,12-35-36(31)32)20-30-29-19(37-20)13-7-8-16(14(11-13)22(25,26)27)33-9-2-3-10-34-17-6-4-5-15(23)18(17)24/h4-8,11,36H,2-3,9-10,12,28H2,1H3,(H,31,32)/t21-/m0/s1. The van der Waals surface area contributed by atoms with Gasteiger partial charge in [0.2, 0.25) is 5.82 Å². The largest absolute Gasteiger partial charge is 0.493 e. The van der Waals surface area contributed by atoms with E-state index in [1.165, 1.54) is 31.2 Å². The molecule has 2 atom stereocenters. The van der Waals surface area contributed by atoms with Gasteiger partial charge in [0.1, 0.15) is 15.8 Å². The van der Waals surface area contributed by atoms with Crippen LogP contribution in [-0.4, -0.2) is 34.9 Å². The van der Waals surface area contributed by atoms with Gasteiger partial charge in [-0.2, -0.15) is 17.6 Å². The van der Waals surface area contributed by atoms with Crippen molar-refractivity contribution in [1.82, 2.24) is 10.2 Å². The summed E-state index contributed by atoms with van der Waals surface area (Å²) in [6.45, 7) is 1.10. The number of ether oxygens (including phenoxy) is 2. The van der Waals surface area contributed by atoms with Crippen LogP contribution in [0.25, 0.3) is 10.6 Å². The molecule has 37 heavy (non-hydrogen) atoms. The van der Waals surface area contributed by atoms with Gasteiger partial charge in [0.25, 0.3) is 0 Å². The molecule has 0 bridgehead atoms. The first-order chi connectivity index (χ1) is 17.4. The zero-order chi connectivity index (χ0) is 27.2. The molecule has 3 rings (SSSR count). The van der Waals surface area contributed by atoms with E-state index in [2.05, 4.69) is 14.7 Å². The van der Waals surface area contributed by atoms with Crippen molar-refractivity contribution in [2.24, 2.45) is 5.73 Å². The predicted molar refractivity (Wildman–Crippen MR) is 126 cm³/mol. The summed E-state index contributed by atoms with van der Waals surface area (Å²) in [4.78, 5) is 8.83. The molecular weight excluding hydrogens is 544 g/mol. The van der Waals surface area contributed by atoms with Crippen LogP contribution in [-0.2, 0) is 20.8 Å². The maximum absolute atomic E-state index is 13.7. The van der Waals surface area contributed by atoms with Crippen LogP contribution in [0.15, 0.2) is 36.4 Å². The molecule has 1 unspecified atom stereocenters. The van der Waals surface area contributed by atoms with Crippen LogP contribution in [0, 0.1) is 11.6 Å². The number of halogens is 5. The Morgan fingerprint density at radius 2 is 1.73 bits per heavy atom. The molecule has 0 aliphatic rings. The van der Waals surface area contributed by atoms with Crippen molar-refractivity contribution in [3.05, 3.63) is 58.6 Å². The molecule has 0 radical (unpaired) electrons. The number of hydrogen-bond acceptors (Lipinski definition) is 8. The maximum atomic E-state index is 13.7. The van der Waals surface area contributed by atoms with Crippen molar-refractivity contribution in [3.8, 4) is 22.1 Å². The van der Waals surface area contributed by atoms with E-state index in [9.17, 15) is 26.5 Å². The minimum absolute atomic E-state index is 0.0225. The molecule has 0 amide bonds. The molecule has 2 aromatic carbocycles. The fraction of sp³-hybridized carbons (Fsp3) is 0.364. The third-order valence-electron chi connectivity index (χ3n) is 4.91. The molecule has 0 fully saturated rings. The highest BCUT2D eigenvalue weighted by molar-refractivity contribution is 7.32. The van der Waals surface area contributed by atoms with Crippen molar-refractivity contribution in [3.63, 3.8) is 0 Å². The molecule has 15 heteroatoms. The smallest absolute Gasteiger partial charge is 0.419 e. The predicted octanol–water partition coefficient (Wildman–Crippen LogP) is 5.31. The highest BCUT2D eigenvalue weighted by atomic mass is 32.1. The number of alkyl halides is 3. The second-order valence-electron chi connectivity index (χ2n) is 8.05. The van der Waals surface area contributed by atoms with Gasteiger partial charge in [-0.25, -0.2) is 4.39 Å². The molecule has 0 saturated carbocycles. The number of nitrogens with zero attached hydrogens (tertiary/aromatic N) is 2. The Labute approximate surface area is 213 Å². The van der Waals surface area contributed by atoms with E-state index in [4.69, 9.17) is 20.1 Å². The van der Waals surface area contributed by atoms with Crippen molar-refractivity contribution in [1.29, 1.82) is 0 Å². The van der Waals surface area contributed by atoms with E-state index >= 15 is 0 Å². The van der Waals surface area contributed by atoms with Crippen LogP contribution >= 0.6 is 19.6 Å². The number of nitrogens with two attached hydrogens (primary N) is 1. The highest BCUT2D eigenvalue weighted by Gasteiger charge is 2.35. The minimum Gasteiger partial charge on any atom is -0.493 e. The molecule has 3 aromatic rings. The first kappa shape index (κ1) is 28.9. The van der Waals surface area contributed by atoms with Crippen LogP contribution in [0.1, 0.15) is 30.3 Å². The third-order valence-corrected chi connectivity index (χ3v) is 6.55. The summed E-state index contributed by atoms with van der Waals surface area (Å²) in [5.74, 6) is -2.78. The van der Waals surface area contributed by atoms with E-state index in [1.54, 1.807) is 0 Å². The van der Waals surface area contributed by atoms with Crippen molar-refractivity contribution < 1.29 is 45.4 Å². The zero-order valence-corrected chi connectivity index (χ0v) is 21.2. The van der Waals surface area contributed by atoms with Crippen LogP contribution in [0.4, 0.5) is 22.0 Å². The maximum Gasteiger partial charge on any atom is 0.419 e. The molecule has 0 saturated heterocycles. The lowest BCUT2D eigenvalue weighted by atomic mass is 10.1. The first-order valence-electron chi connectivity index (χ1n) is 10.8. The Hall–Kier alpha value is -2.64. The summed E-state index contributed by atoms with van der Waals surface area (Å²) in [7, 11) is -3.22. The summed E-state index contributed by atoms with van der Waals surface area (Å²) in [6.07, 6.45) is -4.09. The van der Waals surface area contributed by atoms with Gasteiger partial charge < -0.3 is 24.6 Å². The normalized spacial score (nSPS) is 14.3. The van der Waals surface area contributed by atoms with Gasteiger partial charge in [-0.15, -0.1) is 10.2 Å². The lowest BCUT2D eigenvalue weighted by Gasteiger charge is -2.19. The highest BCUT2D eigenvalue weighted by Crippen LogP contribution is 2.40. The molecule has 0 aliphatic carbocycles. The molecule has 3 N–H and O–H groups in total. The molecule has 0 spiro atoms. The second kappa shape index (κ2) is 12.3. The van der Waals surface area contributed by atoms with Gasteiger partial charge in [-0.3, -0.25) is 4.57 Å². The average Bonchev–Trinajstić information content (AvgIpc) is 3.33. The summed E-state index contributed by atoms with van der Waals surface area (Å²) in [5, 5.41) is 8.15. The summed E-state index contributed by atoms with van der Waals surface area (Å²) in [6, 6.07) is 6.96. The fourth-order valence-corrected chi connectivity index (χ4v) is 4.33. The minimum atomic E-state index is -4.72. The van der Waals surface area contributed by atoms with Gasteiger partial charge in [-0.05, 0) is 50.1 Å². The average molecular weight is 567 g/mol. The molecule has 8 nitrogen and oxygen atoms in total. The summed E-state index contributed by atoms with van der Waals surface area (Å²) in [5.41, 5.74) is 3.87. The lowest BCUT2D eigenvalue weighted by molar-refractivity contribution is -0.138. The monoisotopic (exact) mass is 567 g/mol. The van der Waals surface area contributed by atoms with E-state index < -0.39 is 37.2 Å². The van der Waals surface area contributed by atoms with Crippen LogP contribution < -0.4 is 15.2 Å². The molecular formula is C22H23F5N3O5PS. The van der Waals surface area contributed by atoms with E-state index in [0.717, 1.165) is 23.5 Å². The molecule has 1 aromatic heterocycles. The third kappa shape index (κ3) is 7.92. The number of hydrogen-bond donors (Lipinski definition) is 2. The van der Waals surface area contributed by atoms with Crippen LogP contribution in [0.5, 0.6) is 11.5 Å². The fourth-order valence-electron chi connectivity index (χ4n) is 3.02. The van der Waals surface area contributed by atoms with E-state index in [0.29, 0.717) is 12.8 Å². The molecule has 202 valence electrons. The van der Waals surface area contributed by atoms with Gasteiger partial charge in [0.15, 0.2) is 11.6 Å². The number of rotatable bonds is 12. The number of aromatic nitrogens is 2. The number of benzene rings is 2. The number of unbranched alkanes of at least 4 members (excludes halogenated alkanes) is 1. The van der Waals surface area contributed by atoms with Crippen molar-refractivity contribution in [2.75, 3.05) is 19.8 Å². The summed E-state index contributed by atoms with van der Waals surface area (Å²) >= 11 is 0.925. The van der Waals surface area contributed by atoms with Gasteiger partial charge in [0, 0.05) is 5.56 Å². The van der Waals surface area contributed by atoms with Crippen LogP contribution in [0.3, 0.4) is 0 Å². The van der Waals surface area contributed by atoms with E-state index in [1.807, 2.05) is 0 Å². The van der Waals surface area contributed by atoms with E-state index in [-0.39, 0.29) is 46.9 Å². The molecule has 1 heterocycles. The SMILES string of the molecule is C[C@](N)(CO[PH](=O)O)c1nnc(-c2ccc(OCCCCOc3cccc(F)c3F)c(C(F)(F)F)c2)s1. The Kier molecular flexibility index (Phi) is 9.59. The van der Waals surface area contributed by atoms with Gasteiger partial charge >= 0.3 is 14.4 Å². The van der Waals surface area contributed by atoms with Gasteiger partial charge in [-0.1, -0.05) is 17.4 Å². The quantitative estimate of drug-likeness (QED) is 0.172. The van der Waals surface area contributed by atoms with Crippen molar-refractivity contribution in [2.45, 2.75) is 31.5 Å². The van der Waals surface area contributed by atoms with Crippen LogP contribution in [0.2, 0.25) is 0 Å². The topological polar surface area (TPSA) is 117 Å². The van der Waals surface area contributed by atoms with Gasteiger partial charge in [0.05, 0.1) is 30.9 Å². The second-order valence-corrected chi connectivity index (χ2v) is 9.85. The Morgan fingerprint density at radius 1 is 1.05 bits per heavy atom. The molecule has 0 aliphatic heterocycles. The van der Waals surface area contributed by atoms with Crippen molar-refractivity contribution >= 4 is 19.6 Å². The Bertz CT molecular complexity index is 1240.